The van der Waals surface area contributed by atoms with Gasteiger partial charge in [0.2, 0.25) is 20.0 Å². The maximum atomic E-state index is 13.5. The fourth-order valence-corrected chi connectivity index (χ4v) is 14.3. The van der Waals surface area contributed by atoms with Crippen molar-refractivity contribution in [1.82, 2.24) is 24.6 Å². The van der Waals surface area contributed by atoms with E-state index in [1.54, 1.807) is 12.1 Å². The molecule has 0 unspecified atom stereocenters. The van der Waals surface area contributed by atoms with Crippen LogP contribution < -0.4 is 27.4 Å². The average molecular weight is 1540 g/mol. The summed E-state index contributed by atoms with van der Waals surface area (Å²) < 4.78 is 87.5. The molecule has 0 saturated heterocycles. The number of benzene rings is 8. The first-order valence-electron chi connectivity index (χ1n) is 34.1. The number of alkyl carbamates (subject to hydrolysis) is 2. The minimum absolute atomic E-state index is 0.0365. The van der Waals surface area contributed by atoms with Gasteiger partial charge in [-0.05, 0) is 120 Å². The molecule has 2 amide bonds. The number of ether oxygens (including phenoxy) is 2. The fraction of sp³-hybridized carbons (Fsp3) is 0.342. The van der Waals surface area contributed by atoms with E-state index in [-0.39, 0.29) is 77.2 Å². The third kappa shape index (κ3) is 31.4. The van der Waals surface area contributed by atoms with Crippen LogP contribution in [0, 0.1) is 38.0 Å². The van der Waals surface area contributed by atoms with E-state index in [2.05, 4.69) is 29.8 Å². The molecule has 0 bridgehead atoms. The van der Waals surface area contributed by atoms with Crippen molar-refractivity contribution in [3.05, 3.63) is 273 Å². The lowest BCUT2D eigenvalue weighted by atomic mass is 10.0. The molecule has 8 aromatic carbocycles. The van der Waals surface area contributed by atoms with Crippen LogP contribution in [0.25, 0.3) is 0 Å². The molecular formula is C76H96ClN9O17S3. The van der Waals surface area contributed by atoms with Crippen molar-refractivity contribution in [3.8, 4) is 0 Å². The van der Waals surface area contributed by atoms with Gasteiger partial charge in [-0.2, -0.15) is 8.61 Å². The van der Waals surface area contributed by atoms with Crippen molar-refractivity contribution < 1.29 is 69.5 Å². The zero-order chi connectivity index (χ0) is 78.0. The smallest absolute Gasteiger partial charge is 0.407 e. The van der Waals surface area contributed by atoms with Crippen molar-refractivity contribution in [2.24, 2.45) is 23.5 Å². The van der Waals surface area contributed by atoms with Crippen LogP contribution in [0.4, 0.5) is 26.7 Å². The molecule has 0 aromatic heterocycles. The number of hydrogen-bond acceptors (Lipinski definition) is 20. The van der Waals surface area contributed by atoms with E-state index >= 15 is 0 Å². The summed E-state index contributed by atoms with van der Waals surface area (Å²) in [7, 11) is -6.66. The summed E-state index contributed by atoms with van der Waals surface area (Å²) in [5, 5.41) is 62.3. The summed E-state index contributed by atoms with van der Waals surface area (Å²) in [6.45, 7) is 13.2. The lowest BCUT2D eigenvalue weighted by Gasteiger charge is -2.30. The van der Waals surface area contributed by atoms with Crippen LogP contribution in [0.3, 0.4) is 0 Å². The number of anilines is 1. The number of nitrogen functional groups attached to an aromatic ring is 1. The number of aliphatic hydroxyl groups is 3. The summed E-state index contributed by atoms with van der Waals surface area (Å²) in [5.74, 6) is 0.515. The molecule has 0 fully saturated rings. The molecule has 0 spiro atoms. The average Bonchev–Trinajstić information content (AvgIpc) is 0.810. The van der Waals surface area contributed by atoms with Gasteiger partial charge in [0.15, 0.2) is 0 Å². The molecule has 0 aliphatic carbocycles. The van der Waals surface area contributed by atoms with Gasteiger partial charge in [-0.15, -0.1) is 0 Å². The number of carbonyl (C=O) groups is 2. The standard InChI is InChI=1S/C28H33N3O7S.C22H30N2O3.C20H29N3O3S.C6H4ClNO4S/c1-21(2)18-30(39(36,37)25-15-13-24(14-16-25)31(34)35)19-27(32)26(17-22-9-5-3-6-10-22)29-28(33)38-20-23-11-7-4-8-12-23;1-17(2)14-23-15-21(25)20(13-18-9-5-3-6-10-18)24-22(26)27-16-19-11-7-4-8-12-19;1-15(2)13-23(27(25,26)18-10-8-17(21)9-11-18)14-20(24)19(22)12-16-6-4-3-5-7-16;7-13(11,12)6-3-1-5(2-4-6)8(9)10/h3-16,21,26-27,32H,17-20H2,1-2H3,(H,29,33);3-12,17,20-21,23,25H,13-16H2,1-2H3,(H,24,26);3-11,15,19-20,24H,12-14,21-22H2,1-2H3;1-4H/t26-,27+;20-,21+;19-,20+;/m000./s1. The lowest BCUT2D eigenvalue weighted by Crippen LogP contribution is -2.51. The predicted molar refractivity (Wildman–Crippen MR) is 409 cm³/mol. The number of nitrogens with one attached hydrogen (secondary N) is 3. The molecule has 0 radical (unpaired) electrons. The lowest BCUT2D eigenvalue weighted by molar-refractivity contribution is -0.385. The van der Waals surface area contributed by atoms with Gasteiger partial charge < -0.3 is 52.2 Å². The van der Waals surface area contributed by atoms with Crippen molar-refractivity contribution in [1.29, 1.82) is 0 Å². The predicted octanol–water partition coefficient (Wildman–Crippen LogP) is 10.6. The SMILES string of the molecule is CC(C)CN(C[C@@H](O)[C@@H](N)Cc1ccccc1)S(=O)(=O)c1ccc(N)cc1.CC(C)CN(C[C@@H](O)[C@H](Cc1ccccc1)NC(=O)OCc1ccccc1)S(=O)(=O)c1ccc([N+](=O)[O-])cc1.CC(C)CNC[C@@H](O)[C@H](Cc1ccccc1)NC(=O)OCc1ccccc1.O=[N+]([O-])c1ccc(S(=O)(=O)Cl)cc1. The van der Waals surface area contributed by atoms with Crippen LogP contribution in [0.15, 0.2) is 239 Å². The number of nitro groups is 2. The third-order valence-corrected chi connectivity index (χ3v) is 20.8. The molecule has 0 aliphatic rings. The molecule has 572 valence electrons. The molecule has 8 rings (SSSR count). The Morgan fingerprint density at radius 1 is 0.443 bits per heavy atom. The van der Waals surface area contributed by atoms with E-state index in [1.807, 2.05) is 179 Å². The molecule has 30 heteroatoms. The maximum Gasteiger partial charge on any atom is 0.407 e. The minimum Gasteiger partial charge on any atom is -0.445 e. The monoisotopic (exact) mass is 1540 g/mol. The van der Waals surface area contributed by atoms with Crippen LogP contribution >= 0.6 is 10.7 Å². The number of sulfonamides is 2. The normalized spacial score (nSPS) is 13.2. The third-order valence-electron chi connectivity index (χ3n) is 15.7. The van der Waals surface area contributed by atoms with Gasteiger partial charge in [0.1, 0.15) is 13.2 Å². The van der Waals surface area contributed by atoms with Crippen molar-refractivity contribution >= 4 is 69.0 Å². The van der Waals surface area contributed by atoms with Gasteiger partial charge in [-0.3, -0.25) is 20.2 Å². The largest absolute Gasteiger partial charge is 0.445 e. The van der Waals surface area contributed by atoms with E-state index in [9.17, 15) is 70.4 Å². The summed E-state index contributed by atoms with van der Waals surface area (Å²) in [6, 6.07) is 60.4. The highest BCUT2D eigenvalue weighted by molar-refractivity contribution is 8.13. The minimum atomic E-state index is -4.11. The van der Waals surface area contributed by atoms with E-state index < -0.39 is 87.6 Å². The van der Waals surface area contributed by atoms with Crippen LogP contribution in [-0.2, 0) is 71.0 Å². The second-order valence-electron chi connectivity index (χ2n) is 26.1. The number of non-ortho nitro benzene ring substituents is 2. The zero-order valence-electron chi connectivity index (χ0n) is 59.9. The van der Waals surface area contributed by atoms with E-state index in [1.165, 1.54) is 28.6 Å². The Morgan fingerprint density at radius 2 is 0.764 bits per heavy atom. The van der Waals surface area contributed by atoms with E-state index in [0.29, 0.717) is 37.5 Å². The Kier molecular flexibility index (Phi) is 36.3. The molecule has 0 heterocycles. The Bertz CT molecular complexity index is 4290. The van der Waals surface area contributed by atoms with Crippen molar-refractivity contribution in [2.75, 3.05) is 45.0 Å². The van der Waals surface area contributed by atoms with Crippen LogP contribution in [0.5, 0.6) is 0 Å². The number of hydrogen-bond donors (Lipinski definition) is 8. The number of rotatable bonds is 34. The van der Waals surface area contributed by atoms with Gasteiger partial charge in [0.25, 0.3) is 20.4 Å². The second-order valence-corrected chi connectivity index (χ2v) is 32.5. The second kappa shape index (κ2) is 44.0. The fourth-order valence-electron chi connectivity index (χ4n) is 10.3. The first kappa shape index (κ1) is 87.4. The highest BCUT2D eigenvalue weighted by Gasteiger charge is 2.33. The van der Waals surface area contributed by atoms with Crippen LogP contribution in [-0.4, -0.2) is 147 Å². The molecule has 0 aliphatic heterocycles. The van der Waals surface area contributed by atoms with Gasteiger partial charge in [0, 0.05) is 79.4 Å². The first-order chi connectivity index (χ1) is 50.2. The van der Waals surface area contributed by atoms with Gasteiger partial charge >= 0.3 is 12.2 Å². The Morgan fingerprint density at radius 3 is 1.10 bits per heavy atom. The Labute approximate surface area is 625 Å². The first-order valence-corrected chi connectivity index (χ1v) is 39.3. The number of nitrogens with two attached hydrogens (primary N) is 2. The summed E-state index contributed by atoms with van der Waals surface area (Å²) in [5.41, 5.74) is 16.5. The molecule has 8 aromatic rings. The molecule has 6 atom stereocenters. The number of halogens is 1. The van der Waals surface area contributed by atoms with Crippen molar-refractivity contribution in [3.63, 3.8) is 0 Å². The quantitative estimate of drug-likeness (QED) is 0.00804. The molecular weight excluding hydrogens is 1440 g/mol. The van der Waals surface area contributed by atoms with Crippen LogP contribution in [0.2, 0.25) is 0 Å². The summed E-state index contributed by atoms with van der Waals surface area (Å²) >= 11 is 0. The van der Waals surface area contributed by atoms with E-state index in [0.717, 1.165) is 75.1 Å². The molecule has 26 nitrogen and oxygen atoms in total. The Balaban J connectivity index is 0.000000268. The van der Waals surface area contributed by atoms with Crippen molar-refractivity contribution in [2.45, 2.75) is 125 Å². The highest BCUT2D eigenvalue weighted by Crippen LogP contribution is 2.25. The molecule has 106 heavy (non-hydrogen) atoms. The van der Waals surface area contributed by atoms with E-state index in [4.69, 9.17) is 31.6 Å². The molecule has 0 saturated carbocycles. The highest BCUT2D eigenvalue weighted by atomic mass is 35.7. The molecule has 10 N–H and O–H groups in total. The topological polar surface area (TPSA) is 397 Å². The zero-order valence-corrected chi connectivity index (χ0v) is 63.1. The number of carbonyl (C=O) groups excluding carboxylic acids is 2. The van der Waals surface area contributed by atoms with Gasteiger partial charge in [-0.1, -0.05) is 193 Å². The van der Waals surface area contributed by atoms with Gasteiger partial charge in [0.05, 0.1) is 54.9 Å². The summed E-state index contributed by atoms with van der Waals surface area (Å²) in [6.07, 6.45) is -3.02. The summed E-state index contributed by atoms with van der Waals surface area (Å²) in [4.78, 5) is 44.7. The number of nitro benzene ring substituents is 2. The number of amides is 2. The maximum absolute atomic E-state index is 13.5. The van der Waals surface area contributed by atoms with Gasteiger partial charge in [-0.25, -0.2) is 34.8 Å². The number of aliphatic hydroxyl groups excluding tert-OH is 3. The Hall–Kier alpha value is -9.24. The van der Waals surface area contributed by atoms with Crippen LogP contribution in [0.1, 0.15) is 69.4 Å². The number of nitrogens with zero attached hydrogens (tertiary/aromatic N) is 4.